The van der Waals surface area contributed by atoms with Crippen LogP contribution in [-0.4, -0.2) is 27.3 Å². The van der Waals surface area contributed by atoms with Gasteiger partial charge in [0.1, 0.15) is 5.76 Å². The van der Waals surface area contributed by atoms with Crippen molar-refractivity contribution >= 4 is 9.84 Å². The van der Waals surface area contributed by atoms with Gasteiger partial charge in [-0.1, -0.05) is 0 Å². The largest absolute Gasteiger partial charge is 0.469 e. The fraction of sp³-hybridized carbons (Fsp3) is 0.267. The zero-order valence-corrected chi connectivity index (χ0v) is 12.3. The molecule has 2 aromatic rings. The van der Waals surface area contributed by atoms with Crippen molar-refractivity contribution in [2.45, 2.75) is 11.3 Å². The number of nitrogens with zero attached hydrogens (tertiary/aromatic N) is 1. The molecule has 0 bridgehead atoms. The summed E-state index contributed by atoms with van der Waals surface area (Å²) in [5.41, 5.74) is 0.450. The molecule has 6 heteroatoms. The van der Waals surface area contributed by atoms with Crippen molar-refractivity contribution in [1.29, 1.82) is 5.26 Å². The van der Waals surface area contributed by atoms with Crippen LogP contribution in [0, 0.1) is 11.3 Å². The zero-order valence-electron chi connectivity index (χ0n) is 11.5. The van der Waals surface area contributed by atoms with Crippen LogP contribution >= 0.6 is 0 Å². The highest BCUT2D eigenvalue weighted by molar-refractivity contribution is 7.91. The first-order chi connectivity index (χ1) is 10.1. The molecule has 21 heavy (non-hydrogen) atoms. The Bertz CT molecular complexity index is 698. The van der Waals surface area contributed by atoms with Crippen LogP contribution in [0.1, 0.15) is 11.3 Å². The van der Waals surface area contributed by atoms with Gasteiger partial charge in [0.25, 0.3) is 0 Å². The van der Waals surface area contributed by atoms with E-state index in [0.29, 0.717) is 18.7 Å². The van der Waals surface area contributed by atoms with Crippen molar-refractivity contribution < 1.29 is 12.8 Å². The highest BCUT2D eigenvalue weighted by Gasteiger charge is 2.13. The van der Waals surface area contributed by atoms with Crippen molar-refractivity contribution in [1.82, 2.24) is 5.32 Å². The van der Waals surface area contributed by atoms with Gasteiger partial charge in [-0.05, 0) is 36.4 Å². The Labute approximate surface area is 124 Å². The molecule has 1 aromatic carbocycles. The first-order valence-electron chi connectivity index (χ1n) is 6.58. The molecule has 5 nitrogen and oxygen atoms in total. The Balaban J connectivity index is 1.79. The molecule has 0 spiro atoms. The van der Waals surface area contributed by atoms with Crippen molar-refractivity contribution in [2.75, 3.05) is 18.8 Å². The number of nitrogens with one attached hydrogen (secondary N) is 1. The molecule has 1 heterocycles. The van der Waals surface area contributed by atoms with Crippen LogP contribution in [0.2, 0.25) is 0 Å². The van der Waals surface area contributed by atoms with Gasteiger partial charge >= 0.3 is 0 Å². The maximum absolute atomic E-state index is 12.1. The summed E-state index contributed by atoms with van der Waals surface area (Å²) < 4.78 is 29.4. The van der Waals surface area contributed by atoms with Gasteiger partial charge < -0.3 is 9.73 Å². The zero-order chi connectivity index (χ0) is 15.1. The minimum atomic E-state index is -3.31. The van der Waals surface area contributed by atoms with Gasteiger partial charge in [0.05, 0.1) is 28.5 Å². The van der Waals surface area contributed by atoms with E-state index in [1.165, 1.54) is 24.3 Å². The maximum atomic E-state index is 12.1. The third-order valence-electron chi connectivity index (χ3n) is 3.02. The summed E-state index contributed by atoms with van der Waals surface area (Å²) in [7, 11) is -3.31. The minimum Gasteiger partial charge on any atom is -0.469 e. The van der Waals surface area contributed by atoms with E-state index in [9.17, 15) is 8.42 Å². The lowest BCUT2D eigenvalue weighted by molar-refractivity contribution is 0.500. The van der Waals surface area contributed by atoms with Crippen molar-refractivity contribution in [3.8, 4) is 6.07 Å². The van der Waals surface area contributed by atoms with Crippen molar-refractivity contribution in [2.24, 2.45) is 0 Å². The summed E-state index contributed by atoms with van der Waals surface area (Å²) in [4.78, 5) is 0.245. The first-order valence-corrected chi connectivity index (χ1v) is 8.23. The molecule has 0 aliphatic rings. The van der Waals surface area contributed by atoms with E-state index < -0.39 is 9.84 Å². The maximum Gasteiger partial charge on any atom is 0.179 e. The van der Waals surface area contributed by atoms with Gasteiger partial charge in [0.2, 0.25) is 0 Å². The quantitative estimate of drug-likeness (QED) is 0.788. The normalized spacial score (nSPS) is 11.2. The van der Waals surface area contributed by atoms with E-state index >= 15 is 0 Å². The van der Waals surface area contributed by atoms with Crippen LogP contribution in [0.4, 0.5) is 0 Å². The summed E-state index contributed by atoms with van der Waals surface area (Å²) in [6.45, 7) is 1.04. The van der Waals surface area contributed by atoms with E-state index in [1.54, 1.807) is 6.26 Å². The van der Waals surface area contributed by atoms with Crippen LogP contribution < -0.4 is 5.32 Å². The van der Waals surface area contributed by atoms with Gasteiger partial charge in [-0.15, -0.1) is 0 Å². The number of furan rings is 1. The van der Waals surface area contributed by atoms with Gasteiger partial charge in [-0.25, -0.2) is 8.42 Å². The van der Waals surface area contributed by atoms with Gasteiger partial charge in [0.15, 0.2) is 9.84 Å². The number of sulfone groups is 1. The third kappa shape index (κ3) is 4.45. The predicted molar refractivity (Wildman–Crippen MR) is 78.5 cm³/mol. The number of hydrogen-bond donors (Lipinski definition) is 1. The monoisotopic (exact) mass is 304 g/mol. The Kier molecular flexibility index (Phi) is 5.14. The smallest absolute Gasteiger partial charge is 0.179 e. The number of hydrogen-bond acceptors (Lipinski definition) is 5. The molecular formula is C15H16N2O3S. The fourth-order valence-electron chi connectivity index (χ4n) is 1.85. The SMILES string of the molecule is N#Cc1ccc(S(=O)(=O)CCNCCc2ccco2)cc1. The van der Waals surface area contributed by atoms with Crippen LogP contribution in [0.25, 0.3) is 0 Å². The van der Waals surface area contributed by atoms with Gasteiger partial charge in [0, 0.05) is 19.5 Å². The number of nitriles is 1. The standard InChI is InChI=1S/C15H16N2O3S/c16-12-13-3-5-15(6-4-13)21(18,19)11-9-17-8-7-14-2-1-10-20-14/h1-6,10,17H,7-9,11H2. The summed E-state index contributed by atoms with van der Waals surface area (Å²) >= 11 is 0. The molecule has 0 atom stereocenters. The van der Waals surface area contributed by atoms with Crippen molar-refractivity contribution in [3.05, 3.63) is 54.0 Å². The number of rotatable bonds is 7. The molecule has 0 unspecified atom stereocenters. The molecule has 0 saturated heterocycles. The Morgan fingerprint density at radius 3 is 2.52 bits per heavy atom. The summed E-state index contributed by atoms with van der Waals surface area (Å²) in [5, 5.41) is 11.8. The molecule has 0 aliphatic carbocycles. The van der Waals surface area contributed by atoms with E-state index in [1.807, 2.05) is 18.2 Å². The van der Waals surface area contributed by atoms with Gasteiger partial charge in [-0.3, -0.25) is 0 Å². The van der Waals surface area contributed by atoms with Gasteiger partial charge in [-0.2, -0.15) is 5.26 Å². The predicted octanol–water partition coefficient (Wildman–Crippen LogP) is 1.76. The Morgan fingerprint density at radius 1 is 1.14 bits per heavy atom. The minimum absolute atomic E-state index is 0.0249. The van der Waals surface area contributed by atoms with Crippen LogP contribution in [0.3, 0.4) is 0 Å². The average molecular weight is 304 g/mol. The van der Waals surface area contributed by atoms with Crippen LogP contribution in [0.15, 0.2) is 52.0 Å². The summed E-state index contributed by atoms with van der Waals surface area (Å²) in [5.74, 6) is 0.897. The second kappa shape index (κ2) is 7.07. The second-order valence-corrected chi connectivity index (χ2v) is 6.64. The van der Waals surface area contributed by atoms with Crippen LogP contribution in [-0.2, 0) is 16.3 Å². The molecule has 0 saturated carbocycles. The third-order valence-corrected chi connectivity index (χ3v) is 4.75. The molecule has 0 fully saturated rings. The van der Waals surface area contributed by atoms with E-state index in [0.717, 1.165) is 12.2 Å². The molecular weight excluding hydrogens is 288 g/mol. The lowest BCUT2D eigenvalue weighted by Crippen LogP contribution is -2.25. The Hall–Kier alpha value is -2.10. The summed E-state index contributed by atoms with van der Waals surface area (Å²) in [6, 6.07) is 11.6. The molecule has 0 aliphatic heterocycles. The molecule has 110 valence electrons. The molecule has 0 amide bonds. The summed E-state index contributed by atoms with van der Waals surface area (Å²) in [6.07, 6.45) is 2.34. The highest BCUT2D eigenvalue weighted by atomic mass is 32.2. The second-order valence-electron chi connectivity index (χ2n) is 4.53. The lowest BCUT2D eigenvalue weighted by atomic mass is 10.2. The molecule has 1 aromatic heterocycles. The van der Waals surface area contributed by atoms with E-state index in [2.05, 4.69) is 5.32 Å². The van der Waals surface area contributed by atoms with Crippen LogP contribution in [0.5, 0.6) is 0 Å². The van der Waals surface area contributed by atoms with E-state index in [4.69, 9.17) is 9.68 Å². The first kappa shape index (κ1) is 15.3. The lowest BCUT2D eigenvalue weighted by Gasteiger charge is -2.06. The molecule has 1 N–H and O–H groups in total. The number of benzene rings is 1. The van der Waals surface area contributed by atoms with Crippen molar-refractivity contribution in [3.63, 3.8) is 0 Å². The topological polar surface area (TPSA) is 83.1 Å². The average Bonchev–Trinajstić information content (AvgIpc) is 3.00. The fourth-order valence-corrected chi connectivity index (χ4v) is 3.05. The Morgan fingerprint density at radius 2 is 1.90 bits per heavy atom. The highest BCUT2D eigenvalue weighted by Crippen LogP contribution is 2.11. The molecule has 2 rings (SSSR count). The van der Waals surface area contributed by atoms with E-state index in [-0.39, 0.29) is 10.6 Å². The molecule has 0 radical (unpaired) electrons.